The Hall–Kier alpha value is -1.78. The number of carboxylic acid groups (broad SMARTS) is 1. The van der Waals surface area contributed by atoms with Crippen LogP contribution in [0.15, 0.2) is 11.5 Å². The molecule has 0 radical (unpaired) electrons. The molecule has 0 unspecified atom stereocenters. The van der Waals surface area contributed by atoms with Gasteiger partial charge >= 0.3 is 37.1 Å². The lowest BCUT2D eigenvalue weighted by Gasteiger charge is -2.44. The Morgan fingerprint density at radius 1 is 0.972 bits per heavy atom. The predicted octanol–water partition coefficient (Wildman–Crippen LogP) is -5.21. The number of hydrogen-bond acceptors (Lipinski definition) is 16. The van der Waals surface area contributed by atoms with Crippen LogP contribution in [0.3, 0.4) is 0 Å². The van der Waals surface area contributed by atoms with Gasteiger partial charge in [-0.1, -0.05) is 0 Å². The maximum atomic E-state index is 11.3. The molecule has 21 nitrogen and oxygen atoms in total. The molecule has 2 aliphatic rings. The fourth-order valence-electron chi connectivity index (χ4n) is 3.03. The Morgan fingerprint density at radius 2 is 1.56 bits per heavy atom. The Labute approximate surface area is 201 Å². The summed E-state index contributed by atoms with van der Waals surface area (Å²) in [6.07, 6.45) is -16.7. The van der Waals surface area contributed by atoms with Crippen LogP contribution in [0.25, 0.3) is 0 Å². The minimum Gasteiger partial charge on any atom is -0.506 e. The van der Waals surface area contributed by atoms with Gasteiger partial charge in [-0.2, -0.15) is 30.0 Å². The van der Waals surface area contributed by atoms with Crippen molar-refractivity contribution in [1.29, 1.82) is 0 Å². The molecule has 0 aromatic rings. The molecule has 0 bridgehead atoms. The Bertz CT molecular complexity index is 1180. The van der Waals surface area contributed by atoms with Gasteiger partial charge in [0.1, 0.15) is 30.5 Å². The second-order valence-electron chi connectivity index (χ2n) is 6.93. The van der Waals surface area contributed by atoms with E-state index in [9.17, 15) is 50.5 Å². The van der Waals surface area contributed by atoms with Crippen molar-refractivity contribution in [3.8, 4) is 0 Å². The van der Waals surface area contributed by atoms with Crippen molar-refractivity contribution >= 4 is 37.1 Å². The minimum atomic E-state index is -5.49. The van der Waals surface area contributed by atoms with Crippen LogP contribution in [-0.2, 0) is 58.5 Å². The van der Waals surface area contributed by atoms with Crippen molar-refractivity contribution < 1.29 is 91.8 Å². The molecule has 0 aromatic carbocycles. The van der Waals surface area contributed by atoms with Gasteiger partial charge < -0.3 is 39.7 Å². The minimum absolute atomic E-state index is 1.30. The molecule has 1 fully saturated rings. The molecular weight excluding hydrogens is 574 g/mol. The number of aliphatic carboxylic acids is 1. The van der Waals surface area contributed by atoms with E-state index in [4.69, 9.17) is 33.0 Å². The van der Waals surface area contributed by atoms with E-state index in [0.29, 0.717) is 0 Å². The van der Waals surface area contributed by atoms with Crippen LogP contribution >= 0.6 is 0 Å². The summed E-state index contributed by atoms with van der Waals surface area (Å²) in [5, 5.41) is 49.4. The maximum Gasteiger partial charge on any atom is 0.397 e. The van der Waals surface area contributed by atoms with Crippen molar-refractivity contribution in [1.82, 2.24) is 4.72 Å². The number of ether oxygens (including phenoxy) is 3. The van der Waals surface area contributed by atoms with Crippen molar-refractivity contribution in [3.63, 3.8) is 0 Å². The summed E-state index contributed by atoms with van der Waals surface area (Å²) in [6, 6.07) is -2.20. The fraction of sp³-hybridized carbons (Fsp3) is 0.750. The second kappa shape index (κ2) is 10.9. The third-order valence-electron chi connectivity index (χ3n) is 4.40. The summed E-state index contributed by atoms with van der Waals surface area (Å²) in [4.78, 5) is 11.3. The Kier molecular flexibility index (Phi) is 9.23. The molecule has 1 saturated heterocycles. The first-order valence-corrected chi connectivity index (χ1v) is 13.1. The van der Waals surface area contributed by atoms with Crippen LogP contribution in [0.2, 0.25) is 0 Å². The molecule has 0 amide bonds. The first-order chi connectivity index (χ1) is 16.2. The number of aliphatic hydroxyl groups excluding tert-OH is 4. The zero-order chi connectivity index (χ0) is 27.8. The van der Waals surface area contributed by atoms with Gasteiger partial charge in [0.05, 0.1) is 6.61 Å². The standard InChI is InChI=1S/C12H19NO20S3/c14-4-3(13-34(20,21)22)11(19)30-2(1-29-35(23,24)25)7(4)31-12-9(33-36(26,27)28)6(16)5(15)8(32-12)10(17)18/h2-4,6-7,9,11-16,19H,1H2,(H,17,18)(H,20,21,22)(H,23,24,25)(H,26,27,28)/t2-,3-,4-,6+,7-,9-,11-,12-/m1/s1. The molecule has 0 saturated carbocycles. The van der Waals surface area contributed by atoms with Crippen LogP contribution < -0.4 is 4.72 Å². The highest BCUT2D eigenvalue weighted by molar-refractivity contribution is 7.83. The molecule has 0 aliphatic carbocycles. The van der Waals surface area contributed by atoms with Crippen molar-refractivity contribution in [2.24, 2.45) is 0 Å². The summed E-state index contributed by atoms with van der Waals surface area (Å²) in [5.74, 6) is -5.02. The Morgan fingerprint density at radius 3 is 2.03 bits per heavy atom. The molecule has 210 valence electrons. The SMILES string of the molecule is O=C(O)C1=C(O)[C@H](O)[C@@H](OS(=O)(=O)O)[C@H](O[C@H]2[C@H](O)[C@@H](NS(=O)(=O)O)[C@H](O)O[C@@H]2COS(=O)(=O)O)O1. The predicted molar refractivity (Wildman–Crippen MR) is 102 cm³/mol. The highest BCUT2D eigenvalue weighted by atomic mass is 32.3. The zero-order valence-corrected chi connectivity index (χ0v) is 19.5. The lowest BCUT2D eigenvalue weighted by Crippen LogP contribution is -2.66. The summed E-state index contributed by atoms with van der Waals surface area (Å²) in [5.41, 5.74) is 0. The van der Waals surface area contributed by atoms with Crippen LogP contribution in [0.5, 0.6) is 0 Å². The summed E-state index contributed by atoms with van der Waals surface area (Å²) in [7, 11) is -15.9. The molecule has 0 aromatic heterocycles. The number of carbonyl (C=O) groups is 1. The van der Waals surface area contributed by atoms with Crippen LogP contribution in [0, 0.1) is 0 Å². The van der Waals surface area contributed by atoms with Crippen LogP contribution in [0.4, 0.5) is 0 Å². The zero-order valence-electron chi connectivity index (χ0n) is 17.0. The number of aliphatic hydroxyl groups is 4. The second-order valence-corrected chi connectivity index (χ2v) is 10.3. The summed E-state index contributed by atoms with van der Waals surface area (Å²) in [6.45, 7) is -1.30. The largest absolute Gasteiger partial charge is 0.506 e. The first kappa shape index (κ1) is 30.4. The highest BCUT2D eigenvalue weighted by Crippen LogP contribution is 2.32. The first-order valence-electron chi connectivity index (χ1n) is 8.90. The molecule has 2 aliphatic heterocycles. The van der Waals surface area contributed by atoms with E-state index in [-0.39, 0.29) is 0 Å². The summed E-state index contributed by atoms with van der Waals surface area (Å²) < 4.78 is 117. The van der Waals surface area contributed by atoms with Crippen LogP contribution in [0.1, 0.15) is 0 Å². The fourth-order valence-corrected chi connectivity index (χ4v) is 4.41. The topological polar surface area (TPSA) is 340 Å². The van der Waals surface area contributed by atoms with Gasteiger partial charge in [-0.15, -0.1) is 0 Å². The normalized spacial score (nSPS) is 34.3. The molecule has 2 rings (SSSR count). The lowest BCUT2D eigenvalue weighted by atomic mass is 9.97. The van der Waals surface area contributed by atoms with Gasteiger partial charge in [-0.25, -0.2) is 13.2 Å². The van der Waals surface area contributed by atoms with Gasteiger partial charge in [0.2, 0.25) is 12.0 Å². The molecule has 0 spiro atoms. The number of hydrogen-bond donors (Lipinski definition) is 9. The Balaban J connectivity index is 2.49. The average Bonchev–Trinajstić information content (AvgIpc) is 2.68. The highest BCUT2D eigenvalue weighted by Gasteiger charge is 2.52. The van der Waals surface area contributed by atoms with E-state index >= 15 is 0 Å². The molecule has 2 heterocycles. The molecule has 9 N–H and O–H groups in total. The summed E-state index contributed by atoms with van der Waals surface area (Å²) >= 11 is 0. The monoisotopic (exact) mass is 593 g/mol. The molecular formula is C12H19NO20S3. The van der Waals surface area contributed by atoms with Gasteiger partial charge in [0.15, 0.2) is 18.2 Å². The van der Waals surface area contributed by atoms with E-state index in [1.807, 2.05) is 0 Å². The van der Waals surface area contributed by atoms with Crippen molar-refractivity contribution in [2.75, 3.05) is 6.61 Å². The maximum absolute atomic E-state index is 11.3. The van der Waals surface area contributed by atoms with Gasteiger partial charge in [0, 0.05) is 0 Å². The van der Waals surface area contributed by atoms with E-state index in [1.54, 1.807) is 0 Å². The average molecular weight is 593 g/mol. The van der Waals surface area contributed by atoms with E-state index < -0.39 is 104 Å². The van der Waals surface area contributed by atoms with Gasteiger partial charge in [-0.05, 0) is 0 Å². The quantitative estimate of drug-likeness (QED) is 0.107. The molecule has 24 heteroatoms. The van der Waals surface area contributed by atoms with Gasteiger partial charge in [-0.3, -0.25) is 13.7 Å². The third kappa shape index (κ3) is 8.11. The van der Waals surface area contributed by atoms with E-state index in [2.05, 4.69) is 8.37 Å². The van der Waals surface area contributed by atoms with Crippen molar-refractivity contribution in [3.05, 3.63) is 11.5 Å². The number of nitrogens with one attached hydrogen (secondary N) is 1. The van der Waals surface area contributed by atoms with Gasteiger partial charge in [0.25, 0.3) is 0 Å². The number of rotatable bonds is 10. The molecule has 36 heavy (non-hydrogen) atoms. The molecule has 8 atom stereocenters. The smallest absolute Gasteiger partial charge is 0.397 e. The van der Waals surface area contributed by atoms with Crippen LogP contribution in [-0.4, -0.2) is 126 Å². The number of carboxylic acids is 1. The third-order valence-corrected chi connectivity index (χ3v) is 5.87. The van der Waals surface area contributed by atoms with E-state index in [1.165, 1.54) is 4.72 Å². The lowest BCUT2D eigenvalue weighted by molar-refractivity contribution is -0.305. The van der Waals surface area contributed by atoms with Crippen molar-refractivity contribution in [2.45, 2.75) is 49.1 Å². The van der Waals surface area contributed by atoms with E-state index in [0.717, 1.165) is 0 Å².